The number of ether oxygens (including phenoxy) is 1. The number of fused-ring (bicyclic) bond motifs is 4. The van der Waals surface area contributed by atoms with Crippen molar-refractivity contribution >= 4 is 22.3 Å². The molecule has 254 valence electrons. The average Bonchev–Trinajstić information content (AvgIpc) is 3.36. The predicted molar refractivity (Wildman–Crippen MR) is 175 cm³/mol. The lowest BCUT2D eigenvalue weighted by Crippen LogP contribution is -2.48. The van der Waals surface area contributed by atoms with Gasteiger partial charge in [0, 0.05) is 5.57 Å². The SMILES string of the molecule is COc1ccc([C@H](NC(=O)C(C)=CCC[C@@H](C)[C@@H]2CCC3=C4CC[C@@H]5C[C@@H](OS(=O)(=O)O)CC[C@]5(C)[C@H]4CC[C@@]32C)C(=O)O)cc1. The van der Waals surface area contributed by atoms with Gasteiger partial charge in [-0.2, -0.15) is 8.42 Å². The molecule has 3 fully saturated rings. The van der Waals surface area contributed by atoms with Crippen LogP contribution < -0.4 is 10.1 Å². The van der Waals surface area contributed by atoms with E-state index in [-0.39, 0.29) is 16.7 Å². The number of carboxylic acids is 1. The topological polar surface area (TPSA) is 139 Å². The van der Waals surface area contributed by atoms with Gasteiger partial charge in [0.15, 0.2) is 6.04 Å². The molecule has 3 saturated carbocycles. The zero-order valence-electron chi connectivity index (χ0n) is 27.9. The van der Waals surface area contributed by atoms with Gasteiger partial charge in [0.05, 0.1) is 13.2 Å². The summed E-state index contributed by atoms with van der Waals surface area (Å²) in [4.78, 5) is 24.9. The first-order valence-electron chi connectivity index (χ1n) is 16.9. The Kier molecular flexibility index (Phi) is 10.1. The van der Waals surface area contributed by atoms with Crippen molar-refractivity contribution in [1.29, 1.82) is 0 Å². The highest BCUT2D eigenvalue weighted by atomic mass is 32.3. The molecule has 10 heteroatoms. The van der Waals surface area contributed by atoms with Crippen molar-refractivity contribution in [3.8, 4) is 5.75 Å². The summed E-state index contributed by atoms with van der Waals surface area (Å²) in [5, 5.41) is 12.4. The van der Waals surface area contributed by atoms with E-state index in [1.807, 2.05) is 6.08 Å². The second kappa shape index (κ2) is 13.4. The summed E-state index contributed by atoms with van der Waals surface area (Å²) in [6.07, 6.45) is 12.3. The molecule has 0 bridgehead atoms. The molecule has 0 spiro atoms. The van der Waals surface area contributed by atoms with Crippen molar-refractivity contribution in [2.45, 2.75) is 110 Å². The minimum atomic E-state index is -4.43. The van der Waals surface area contributed by atoms with Crippen LogP contribution in [-0.4, -0.2) is 43.2 Å². The maximum atomic E-state index is 12.9. The van der Waals surface area contributed by atoms with Gasteiger partial charge >= 0.3 is 16.4 Å². The maximum absolute atomic E-state index is 12.9. The number of benzene rings is 1. The fourth-order valence-corrected chi connectivity index (χ4v) is 10.4. The van der Waals surface area contributed by atoms with Gasteiger partial charge < -0.3 is 15.2 Å². The predicted octanol–water partition coefficient (Wildman–Crippen LogP) is 7.21. The second-order valence-corrected chi connectivity index (χ2v) is 15.8. The zero-order valence-corrected chi connectivity index (χ0v) is 28.7. The summed E-state index contributed by atoms with van der Waals surface area (Å²) in [6, 6.07) is 5.52. The van der Waals surface area contributed by atoms with Gasteiger partial charge in [-0.25, -0.2) is 8.98 Å². The Morgan fingerprint density at radius 3 is 2.46 bits per heavy atom. The Labute approximate surface area is 274 Å². The second-order valence-electron chi connectivity index (χ2n) is 14.8. The lowest BCUT2D eigenvalue weighted by molar-refractivity contribution is -0.141. The molecule has 8 atom stereocenters. The highest BCUT2D eigenvalue weighted by Crippen LogP contribution is 2.66. The van der Waals surface area contributed by atoms with Crippen LogP contribution in [0.2, 0.25) is 0 Å². The molecule has 0 saturated heterocycles. The Hall–Kier alpha value is -2.69. The number of hydrogen-bond donors (Lipinski definition) is 3. The fraction of sp³-hybridized carbons (Fsp3) is 0.667. The van der Waals surface area contributed by atoms with E-state index >= 15 is 0 Å². The van der Waals surface area contributed by atoms with Crippen LogP contribution in [0.4, 0.5) is 0 Å². The van der Waals surface area contributed by atoms with Gasteiger partial charge in [0.25, 0.3) is 0 Å². The molecular weight excluding hydrogens is 606 g/mol. The number of rotatable bonds is 11. The van der Waals surface area contributed by atoms with E-state index in [9.17, 15) is 27.7 Å². The maximum Gasteiger partial charge on any atom is 0.397 e. The number of methoxy groups -OCH3 is 1. The lowest BCUT2D eigenvalue weighted by atomic mass is 9.49. The molecule has 0 aromatic heterocycles. The number of allylic oxidation sites excluding steroid dienone is 3. The van der Waals surface area contributed by atoms with Crippen molar-refractivity contribution in [2.24, 2.45) is 34.5 Å². The van der Waals surface area contributed by atoms with Crippen molar-refractivity contribution in [2.75, 3.05) is 7.11 Å². The molecule has 0 radical (unpaired) electrons. The summed E-state index contributed by atoms with van der Waals surface area (Å²) in [7, 11) is -2.89. The molecule has 1 aromatic rings. The van der Waals surface area contributed by atoms with Crippen LogP contribution in [-0.2, 0) is 24.2 Å². The monoisotopic (exact) mass is 657 g/mol. The molecule has 0 aliphatic heterocycles. The van der Waals surface area contributed by atoms with Crippen LogP contribution in [0.3, 0.4) is 0 Å². The summed E-state index contributed by atoms with van der Waals surface area (Å²) in [5.74, 6) is 1.12. The van der Waals surface area contributed by atoms with Gasteiger partial charge in [0.2, 0.25) is 5.91 Å². The van der Waals surface area contributed by atoms with Crippen LogP contribution in [0, 0.1) is 34.5 Å². The third-order valence-electron chi connectivity index (χ3n) is 12.4. The van der Waals surface area contributed by atoms with Crippen molar-refractivity contribution in [3.63, 3.8) is 0 Å². The van der Waals surface area contributed by atoms with Gasteiger partial charge in [-0.15, -0.1) is 0 Å². The van der Waals surface area contributed by atoms with E-state index in [4.69, 9.17) is 8.92 Å². The van der Waals surface area contributed by atoms with Crippen molar-refractivity contribution in [1.82, 2.24) is 5.32 Å². The number of carbonyl (C=O) groups excluding carboxylic acids is 1. The molecule has 1 aromatic carbocycles. The smallest absolute Gasteiger partial charge is 0.397 e. The number of carbonyl (C=O) groups is 2. The number of hydrogen-bond acceptors (Lipinski definition) is 6. The van der Waals surface area contributed by atoms with Crippen LogP contribution in [0.25, 0.3) is 0 Å². The van der Waals surface area contributed by atoms with Crippen molar-refractivity contribution < 1.29 is 36.6 Å². The molecule has 1 amide bonds. The minimum Gasteiger partial charge on any atom is -0.497 e. The van der Waals surface area contributed by atoms with Crippen LogP contribution in [0.15, 0.2) is 47.1 Å². The summed E-state index contributed by atoms with van der Waals surface area (Å²) in [5.41, 5.74) is 4.69. The van der Waals surface area contributed by atoms with E-state index in [0.717, 1.165) is 51.4 Å². The van der Waals surface area contributed by atoms with Gasteiger partial charge in [-0.05, 0) is 130 Å². The fourth-order valence-electron chi connectivity index (χ4n) is 9.85. The zero-order chi connectivity index (χ0) is 33.4. The summed E-state index contributed by atoms with van der Waals surface area (Å²) < 4.78 is 42.1. The molecular formula is C36H51NO8S. The van der Waals surface area contributed by atoms with Crippen LogP contribution in [0.5, 0.6) is 5.75 Å². The van der Waals surface area contributed by atoms with Crippen molar-refractivity contribution in [3.05, 3.63) is 52.6 Å². The van der Waals surface area contributed by atoms with E-state index in [0.29, 0.717) is 53.4 Å². The first-order valence-corrected chi connectivity index (χ1v) is 18.2. The molecule has 46 heavy (non-hydrogen) atoms. The highest BCUT2D eigenvalue weighted by molar-refractivity contribution is 7.80. The Morgan fingerprint density at radius 1 is 1.09 bits per heavy atom. The normalized spacial score (nSPS) is 32.5. The minimum absolute atomic E-state index is 0.139. The Bertz CT molecular complexity index is 1480. The standard InChI is InChI=1S/C36H51NO8S/c1-22(7-6-8-23(2)33(38)37-32(34(39)40)24-9-12-26(44-5)13-10-24)29-15-16-30-28-14-11-25-21-27(45-46(41,42)43)17-19-35(25,3)31(28)18-20-36(29,30)4/h8-10,12-13,22,25,27,29,31-32H,6-7,11,14-21H2,1-5H3,(H,37,38)(H,39,40)(H,41,42,43)/t22-,25-,27+,29+,31+,32+,35+,36-/m1/s1. The summed E-state index contributed by atoms with van der Waals surface area (Å²) >= 11 is 0. The molecule has 0 unspecified atom stereocenters. The molecule has 3 N–H and O–H groups in total. The lowest BCUT2D eigenvalue weighted by Gasteiger charge is -2.57. The quantitative estimate of drug-likeness (QED) is 0.129. The van der Waals surface area contributed by atoms with E-state index < -0.39 is 28.5 Å². The molecule has 0 heterocycles. The molecule has 4 aliphatic rings. The summed E-state index contributed by atoms with van der Waals surface area (Å²) in [6.45, 7) is 8.97. The highest BCUT2D eigenvalue weighted by Gasteiger charge is 2.56. The van der Waals surface area contributed by atoms with Crippen LogP contribution >= 0.6 is 0 Å². The largest absolute Gasteiger partial charge is 0.497 e. The first-order chi connectivity index (χ1) is 21.7. The third-order valence-corrected chi connectivity index (χ3v) is 12.9. The Balaban J connectivity index is 1.20. The molecule has 4 aliphatic carbocycles. The van der Waals surface area contributed by atoms with E-state index in [2.05, 4.69) is 26.1 Å². The van der Waals surface area contributed by atoms with Gasteiger partial charge in [-0.3, -0.25) is 9.35 Å². The number of amides is 1. The molecule has 5 rings (SSSR count). The number of carboxylic acid groups (broad SMARTS) is 1. The first kappa shape index (κ1) is 34.6. The number of nitrogens with one attached hydrogen (secondary N) is 1. The Morgan fingerprint density at radius 2 is 1.80 bits per heavy atom. The van der Waals surface area contributed by atoms with Crippen LogP contribution in [0.1, 0.15) is 110 Å². The van der Waals surface area contributed by atoms with Gasteiger partial charge in [0.1, 0.15) is 5.75 Å². The van der Waals surface area contributed by atoms with E-state index in [1.165, 1.54) is 6.42 Å². The molecule has 9 nitrogen and oxygen atoms in total. The third kappa shape index (κ3) is 6.95. The average molecular weight is 658 g/mol. The number of aliphatic carboxylic acids is 1. The van der Waals surface area contributed by atoms with E-state index in [1.54, 1.807) is 49.4 Å². The van der Waals surface area contributed by atoms with Gasteiger partial charge in [-0.1, -0.05) is 50.1 Å².